The van der Waals surface area contributed by atoms with Crippen LogP contribution in [0.5, 0.6) is 23.0 Å². The van der Waals surface area contributed by atoms with Crippen LogP contribution in [0.3, 0.4) is 0 Å². The van der Waals surface area contributed by atoms with Crippen LogP contribution in [0.1, 0.15) is 40.1 Å². The largest absolute Gasteiger partial charge is 0.425 e. The van der Waals surface area contributed by atoms with Gasteiger partial charge in [0, 0.05) is 35.5 Å². The highest BCUT2D eigenvalue weighted by Crippen LogP contribution is 2.26. The SMILES string of the molecule is C=C(C)C(=O)OCOC(=O)C=CC(=O)Oc1ccc(C(=O)Oc2ccc(OC(=O)c3ccc(OC(=O)C=CC(=O)OCOC(=O)C(=C)C)cc3)c(C)c2)cc1. The van der Waals surface area contributed by atoms with Crippen LogP contribution in [0, 0.1) is 6.92 Å². The fourth-order valence-electron chi connectivity index (χ4n) is 3.64. The van der Waals surface area contributed by atoms with Crippen molar-refractivity contribution in [2.45, 2.75) is 20.8 Å². The molecule has 0 aliphatic rings. The molecule has 0 saturated carbocycles. The van der Waals surface area contributed by atoms with Crippen molar-refractivity contribution in [1.29, 1.82) is 0 Å². The highest BCUT2D eigenvalue weighted by atomic mass is 16.7. The van der Waals surface area contributed by atoms with Crippen LogP contribution in [0.25, 0.3) is 0 Å². The van der Waals surface area contributed by atoms with Crippen LogP contribution in [-0.4, -0.2) is 61.3 Å². The number of benzene rings is 3. The molecule has 0 aliphatic carbocycles. The highest BCUT2D eigenvalue weighted by Gasteiger charge is 2.15. The van der Waals surface area contributed by atoms with Gasteiger partial charge in [-0.05, 0) is 93.1 Å². The standard InChI is InChI=1S/C39H32O16/c1-23(2)36(44)50-21-48-32(40)16-18-34(42)52-28-10-6-26(7-11-28)38(46)54-30-14-15-31(25(5)20-30)55-39(47)27-8-12-29(13-9-27)53-35(43)19-17-33(41)49-22-51-37(45)24(3)4/h6-20H,1,3,21-22H2,2,4-5H3. The average molecular weight is 757 g/mol. The molecule has 0 saturated heterocycles. The van der Waals surface area contributed by atoms with Crippen molar-refractivity contribution in [3.63, 3.8) is 0 Å². The number of carbonyl (C=O) groups excluding carboxylic acids is 8. The van der Waals surface area contributed by atoms with Gasteiger partial charge in [0.2, 0.25) is 13.6 Å². The van der Waals surface area contributed by atoms with E-state index in [4.69, 9.17) is 18.9 Å². The van der Waals surface area contributed by atoms with E-state index < -0.39 is 61.3 Å². The Morgan fingerprint density at radius 3 is 1.27 bits per heavy atom. The number of hydrogen-bond donors (Lipinski definition) is 0. The van der Waals surface area contributed by atoms with Gasteiger partial charge in [0.25, 0.3) is 0 Å². The Bertz CT molecular complexity index is 2050. The molecule has 0 bridgehead atoms. The zero-order chi connectivity index (χ0) is 40.5. The van der Waals surface area contributed by atoms with Gasteiger partial charge >= 0.3 is 47.8 Å². The summed E-state index contributed by atoms with van der Waals surface area (Å²) in [5, 5.41) is 0. The molecule has 16 heteroatoms. The molecule has 0 radical (unpaired) electrons. The van der Waals surface area contributed by atoms with Gasteiger partial charge in [-0.1, -0.05) is 13.2 Å². The first kappa shape index (κ1) is 41.8. The Morgan fingerprint density at radius 2 is 0.873 bits per heavy atom. The Labute approximate surface area is 313 Å². The lowest BCUT2D eigenvalue weighted by atomic mass is 10.2. The normalized spacial score (nSPS) is 10.5. The van der Waals surface area contributed by atoms with Crippen LogP contribution in [0.15, 0.2) is 115 Å². The van der Waals surface area contributed by atoms with Crippen molar-refractivity contribution in [3.8, 4) is 23.0 Å². The first-order valence-electron chi connectivity index (χ1n) is 15.6. The zero-order valence-corrected chi connectivity index (χ0v) is 29.5. The molecule has 3 rings (SSSR count). The van der Waals surface area contributed by atoms with E-state index in [1.165, 1.54) is 80.6 Å². The van der Waals surface area contributed by atoms with E-state index in [1.54, 1.807) is 6.92 Å². The molecule has 3 aromatic carbocycles. The first-order valence-corrected chi connectivity index (χ1v) is 15.6. The van der Waals surface area contributed by atoms with E-state index in [0.29, 0.717) is 5.56 Å². The summed E-state index contributed by atoms with van der Waals surface area (Å²) in [5.41, 5.74) is 0.919. The lowest BCUT2D eigenvalue weighted by molar-refractivity contribution is -0.162. The molecule has 0 aromatic heterocycles. The van der Waals surface area contributed by atoms with E-state index in [2.05, 4.69) is 32.1 Å². The van der Waals surface area contributed by atoms with Crippen LogP contribution in [-0.2, 0) is 47.7 Å². The third-order valence-electron chi connectivity index (χ3n) is 6.37. The Morgan fingerprint density at radius 1 is 0.491 bits per heavy atom. The van der Waals surface area contributed by atoms with Gasteiger partial charge in [0.1, 0.15) is 23.0 Å². The van der Waals surface area contributed by atoms with E-state index in [1.807, 2.05) is 0 Å². The monoisotopic (exact) mass is 756 g/mol. The molecule has 16 nitrogen and oxygen atoms in total. The molecular weight excluding hydrogens is 724 g/mol. The lowest BCUT2D eigenvalue weighted by Gasteiger charge is -2.10. The summed E-state index contributed by atoms with van der Waals surface area (Å²) in [4.78, 5) is 95.3. The van der Waals surface area contributed by atoms with Gasteiger partial charge in [-0.15, -0.1) is 0 Å². The number of hydrogen-bond acceptors (Lipinski definition) is 16. The van der Waals surface area contributed by atoms with Gasteiger partial charge in [-0.25, -0.2) is 38.4 Å². The Kier molecular flexibility index (Phi) is 15.5. The third kappa shape index (κ3) is 14.5. The summed E-state index contributed by atoms with van der Waals surface area (Å²) in [6.07, 6.45) is 3.15. The van der Waals surface area contributed by atoms with Crippen molar-refractivity contribution in [1.82, 2.24) is 0 Å². The fraction of sp³-hybridized carbons (Fsp3) is 0.128. The zero-order valence-electron chi connectivity index (χ0n) is 29.5. The van der Waals surface area contributed by atoms with Crippen molar-refractivity contribution in [2.75, 3.05) is 13.6 Å². The summed E-state index contributed by atoms with van der Waals surface area (Å²) in [5.74, 6) is -6.31. The van der Waals surface area contributed by atoms with Crippen LogP contribution < -0.4 is 18.9 Å². The van der Waals surface area contributed by atoms with Gasteiger partial charge in [0.15, 0.2) is 0 Å². The number of aryl methyl sites for hydroxylation is 1. The molecule has 0 N–H and O–H groups in total. The van der Waals surface area contributed by atoms with Gasteiger partial charge in [-0.3, -0.25) is 0 Å². The van der Waals surface area contributed by atoms with E-state index >= 15 is 0 Å². The van der Waals surface area contributed by atoms with Crippen molar-refractivity contribution in [2.24, 2.45) is 0 Å². The van der Waals surface area contributed by atoms with Gasteiger partial charge < -0.3 is 37.9 Å². The van der Waals surface area contributed by atoms with Gasteiger partial charge in [0.05, 0.1) is 11.1 Å². The van der Waals surface area contributed by atoms with Crippen LogP contribution in [0.2, 0.25) is 0 Å². The van der Waals surface area contributed by atoms with E-state index in [0.717, 1.165) is 24.3 Å². The first-order chi connectivity index (χ1) is 26.1. The molecule has 0 amide bonds. The summed E-state index contributed by atoms with van der Waals surface area (Å²) < 4.78 is 39.4. The fourth-order valence-corrected chi connectivity index (χ4v) is 3.64. The predicted molar refractivity (Wildman–Crippen MR) is 187 cm³/mol. The molecule has 0 aliphatic heterocycles. The van der Waals surface area contributed by atoms with Gasteiger partial charge in [-0.2, -0.15) is 0 Å². The molecule has 0 atom stereocenters. The molecule has 55 heavy (non-hydrogen) atoms. The Balaban J connectivity index is 1.46. The maximum atomic E-state index is 12.7. The van der Waals surface area contributed by atoms with Crippen LogP contribution >= 0.6 is 0 Å². The minimum Gasteiger partial charge on any atom is -0.425 e. The smallest absolute Gasteiger partial charge is 0.343 e. The Hall–Kier alpha value is -7.62. The van der Waals surface area contributed by atoms with E-state index in [9.17, 15) is 38.4 Å². The molecule has 0 unspecified atom stereocenters. The summed E-state index contributed by atoms with van der Waals surface area (Å²) in [7, 11) is 0. The molecule has 3 aromatic rings. The second kappa shape index (κ2) is 20.4. The molecular formula is C39H32O16. The summed E-state index contributed by atoms with van der Waals surface area (Å²) in [6.45, 7) is 9.88. The number of carbonyl (C=O) groups is 8. The minimum absolute atomic E-state index is 0.0574. The lowest BCUT2D eigenvalue weighted by Crippen LogP contribution is -2.12. The maximum Gasteiger partial charge on any atom is 0.343 e. The summed E-state index contributed by atoms with van der Waals surface area (Å²) >= 11 is 0. The summed E-state index contributed by atoms with van der Waals surface area (Å²) in [6, 6.07) is 15.0. The van der Waals surface area contributed by atoms with Crippen LogP contribution in [0.4, 0.5) is 0 Å². The second-order valence-corrected chi connectivity index (χ2v) is 10.9. The number of ether oxygens (including phenoxy) is 8. The van der Waals surface area contributed by atoms with E-state index in [-0.39, 0.29) is 45.3 Å². The predicted octanol–water partition coefficient (Wildman–Crippen LogP) is 4.60. The quantitative estimate of drug-likeness (QED) is 0.0846. The minimum atomic E-state index is -0.961. The molecule has 0 heterocycles. The molecule has 0 spiro atoms. The average Bonchev–Trinajstić information content (AvgIpc) is 3.14. The number of esters is 8. The molecule has 0 fully saturated rings. The van der Waals surface area contributed by atoms with Crippen molar-refractivity contribution < 1.29 is 76.3 Å². The third-order valence-corrected chi connectivity index (χ3v) is 6.37. The maximum absolute atomic E-state index is 12.7. The molecule has 284 valence electrons. The van der Waals surface area contributed by atoms with Crippen molar-refractivity contribution >= 4 is 47.8 Å². The highest BCUT2D eigenvalue weighted by molar-refractivity contribution is 5.95. The number of rotatable bonds is 16. The second-order valence-electron chi connectivity index (χ2n) is 10.9. The van der Waals surface area contributed by atoms with Crippen molar-refractivity contribution in [3.05, 3.63) is 132 Å². The topological polar surface area (TPSA) is 210 Å².